The van der Waals surface area contributed by atoms with Crippen molar-refractivity contribution in [2.75, 3.05) is 0 Å². The normalized spacial score (nSPS) is 11.5. The minimum Gasteiger partial charge on any atom is -0.444 e. The average Bonchev–Trinajstić information content (AvgIpc) is 3.52. The molecule has 0 saturated heterocycles. The number of oxazole rings is 1. The van der Waals surface area contributed by atoms with Crippen molar-refractivity contribution in [3.63, 3.8) is 0 Å². The van der Waals surface area contributed by atoms with Crippen LogP contribution in [0, 0.1) is 6.92 Å². The van der Waals surface area contributed by atoms with E-state index in [2.05, 4.69) is 15.2 Å². The van der Waals surface area contributed by atoms with Crippen molar-refractivity contribution in [3.05, 3.63) is 106 Å². The Morgan fingerprint density at radius 2 is 1.74 bits per heavy atom. The number of para-hydroxylation sites is 2. The van der Waals surface area contributed by atoms with Crippen LogP contribution in [0.2, 0.25) is 5.02 Å². The van der Waals surface area contributed by atoms with Crippen molar-refractivity contribution in [2.45, 2.75) is 17.8 Å². The summed E-state index contributed by atoms with van der Waals surface area (Å²) < 4.78 is 9.22. The second kappa shape index (κ2) is 8.72. The highest BCUT2D eigenvalue weighted by molar-refractivity contribution is 7.98. The van der Waals surface area contributed by atoms with Crippen LogP contribution in [0.4, 0.5) is 0 Å². The Labute approximate surface area is 209 Å². The van der Waals surface area contributed by atoms with Gasteiger partial charge in [0, 0.05) is 16.3 Å². The zero-order valence-electron chi connectivity index (χ0n) is 18.6. The lowest BCUT2D eigenvalue weighted by Gasteiger charge is -2.13. The predicted molar refractivity (Wildman–Crippen MR) is 137 cm³/mol. The van der Waals surface area contributed by atoms with Crippen LogP contribution >= 0.6 is 23.4 Å². The van der Waals surface area contributed by atoms with Crippen molar-refractivity contribution >= 4 is 40.0 Å². The van der Waals surface area contributed by atoms with E-state index in [0.717, 1.165) is 28.0 Å². The highest BCUT2D eigenvalue weighted by atomic mass is 35.5. The number of nitrogens with zero attached hydrogens (tertiary/aromatic N) is 5. The van der Waals surface area contributed by atoms with E-state index in [9.17, 15) is 4.79 Å². The van der Waals surface area contributed by atoms with Crippen molar-refractivity contribution < 1.29 is 4.42 Å². The first-order chi connectivity index (χ1) is 17.1. The summed E-state index contributed by atoms with van der Waals surface area (Å²) in [6.07, 6.45) is 1.64. The molecule has 0 saturated carbocycles. The topological polar surface area (TPSA) is 78.2 Å². The van der Waals surface area contributed by atoms with Crippen molar-refractivity contribution in [1.82, 2.24) is 24.1 Å². The monoisotopic (exact) mass is 499 g/mol. The van der Waals surface area contributed by atoms with Crippen LogP contribution in [0.25, 0.3) is 33.8 Å². The second-order valence-corrected chi connectivity index (χ2v) is 9.38. The summed E-state index contributed by atoms with van der Waals surface area (Å²) in [5.41, 5.74) is 4.00. The molecule has 0 bridgehead atoms. The van der Waals surface area contributed by atoms with Gasteiger partial charge in [0.2, 0.25) is 11.7 Å². The summed E-state index contributed by atoms with van der Waals surface area (Å²) in [5, 5.41) is 10.8. The summed E-state index contributed by atoms with van der Waals surface area (Å²) >= 11 is 7.46. The number of hydrogen-bond donors (Lipinski definition) is 0. The second-order valence-electron chi connectivity index (χ2n) is 8.00. The first-order valence-corrected chi connectivity index (χ1v) is 12.2. The van der Waals surface area contributed by atoms with Crippen LogP contribution in [-0.2, 0) is 5.75 Å². The molecule has 0 atom stereocenters. The molecular formula is C26H18ClN5O2S. The molecule has 3 heterocycles. The molecule has 6 rings (SSSR count). The van der Waals surface area contributed by atoms with E-state index in [1.54, 1.807) is 23.0 Å². The molecule has 0 N–H and O–H groups in total. The van der Waals surface area contributed by atoms with Gasteiger partial charge in [0.15, 0.2) is 5.16 Å². The molecule has 0 fully saturated rings. The average molecular weight is 500 g/mol. The predicted octanol–water partition coefficient (Wildman–Crippen LogP) is 5.94. The van der Waals surface area contributed by atoms with Crippen molar-refractivity contribution in [3.8, 4) is 17.1 Å². The van der Waals surface area contributed by atoms with Gasteiger partial charge in [0.25, 0.3) is 5.56 Å². The van der Waals surface area contributed by atoms with E-state index < -0.39 is 0 Å². The van der Waals surface area contributed by atoms with Crippen molar-refractivity contribution in [2.24, 2.45) is 0 Å². The zero-order valence-corrected chi connectivity index (χ0v) is 20.1. The molecule has 172 valence electrons. The molecule has 0 aliphatic heterocycles. The highest BCUT2D eigenvalue weighted by Gasteiger charge is 2.19. The van der Waals surface area contributed by atoms with Crippen LogP contribution in [0.15, 0.2) is 93.4 Å². The van der Waals surface area contributed by atoms with Gasteiger partial charge in [0.05, 0.1) is 22.3 Å². The maximum absolute atomic E-state index is 13.5. The Morgan fingerprint density at radius 3 is 2.57 bits per heavy atom. The third-order valence-electron chi connectivity index (χ3n) is 5.74. The molecule has 0 amide bonds. The first kappa shape index (κ1) is 21.6. The third-order valence-corrected chi connectivity index (χ3v) is 6.96. The minimum atomic E-state index is -0.129. The number of thioether (sulfide) groups is 1. The SMILES string of the molecule is Cc1ccccc1-n1c(=O)c2ccccc2n2c(SCc3coc(-c4ccc(Cl)cc4)n3)nnc12. The Morgan fingerprint density at radius 1 is 0.971 bits per heavy atom. The molecular weight excluding hydrogens is 482 g/mol. The minimum absolute atomic E-state index is 0.129. The van der Waals surface area contributed by atoms with Gasteiger partial charge in [-0.15, -0.1) is 10.2 Å². The van der Waals surface area contributed by atoms with E-state index in [-0.39, 0.29) is 5.56 Å². The fourth-order valence-corrected chi connectivity index (χ4v) is 4.98. The Bertz CT molecular complexity index is 1750. The van der Waals surface area contributed by atoms with E-state index >= 15 is 0 Å². The molecule has 9 heteroatoms. The van der Waals surface area contributed by atoms with Gasteiger partial charge in [0.1, 0.15) is 6.26 Å². The van der Waals surface area contributed by atoms with E-state index in [4.69, 9.17) is 16.0 Å². The van der Waals surface area contributed by atoms with Crippen LogP contribution in [0.3, 0.4) is 0 Å². The largest absolute Gasteiger partial charge is 0.444 e. The summed E-state index contributed by atoms with van der Waals surface area (Å²) in [6, 6.07) is 22.6. The molecule has 0 unspecified atom stereocenters. The molecule has 0 radical (unpaired) electrons. The molecule has 7 nitrogen and oxygen atoms in total. The first-order valence-electron chi connectivity index (χ1n) is 10.9. The molecule has 3 aromatic carbocycles. The standard InChI is InChI=1S/C26H18ClN5O2S/c1-16-6-2-4-8-21(16)31-24(33)20-7-3-5-9-22(20)32-25(31)29-30-26(32)35-15-19-14-34-23(28-19)17-10-12-18(27)13-11-17/h2-14H,15H2,1H3. The molecule has 0 spiro atoms. The van der Waals surface area contributed by atoms with Crippen LogP contribution in [-0.4, -0.2) is 24.1 Å². The lowest BCUT2D eigenvalue weighted by Crippen LogP contribution is -2.22. The van der Waals surface area contributed by atoms with Crippen LogP contribution < -0.4 is 5.56 Å². The number of fused-ring (bicyclic) bond motifs is 3. The van der Waals surface area contributed by atoms with Gasteiger partial charge >= 0.3 is 0 Å². The summed E-state index contributed by atoms with van der Waals surface area (Å²) in [5.74, 6) is 1.52. The quantitative estimate of drug-likeness (QED) is 0.273. The number of aryl methyl sites for hydroxylation is 1. The lowest BCUT2D eigenvalue weighted by molar-refractivity contribution is 0.573. The Balaban J connectivity index is 1.42. The fourth-order valence-electron chi connectivity index (χ4n) is 4.04. The maximum atomic E-state index is 13.5. The fraction of sp³-hybridized carbons (Fsp3) is 0.0769. The smallest absolute Gasteiger partial charge is 0.267 e. The molecule has 3 aromatic heterocycles. The van der Waals surface area contributed by atoms with E-state index in [0.29, 0.717) is 33.0 Å². The van der Waals surface area contributed by atoms with Crippen molar-refractivity contribution in [1.29, 1.82) is 0 Å². The number of halogens is 1. The Kier molecular flexibility index (Phi) is 5.39. The number of hydrogen-bond acceptors (Lipinski definition) is 6. The maximum Gasteiger partial charge on any atom is 0.267 e. The van der Waals surface area contributed by atoms with Gasteiger partial charge in [-0.2, -0.15) is 0 Å². The highest BCUT2D eigenvalue weighted by Crippen LogP contribution is 2.28. The summed E-state index contributed by atoms with van der Waals surface area (Å²) in [6.45, 7) is 1.97. The molecule has 35 heavy (non-hydrogen) atoms. The molecule has 0 aliphatic rings. The van der Waals surface area contributed by atoms with Crippen LogP contribution in [0.1, 0.15) is 11.3 Å². The summed E-state index contributed by atoms with van der Waals surface area (Å²) in [4.78, 5) is 18.1. The molecule has 6 aromatic rings. The van der Waals surface area contributed by atoms with E-state index in [1.165, 1.54) is 11.8 Å². The van der Waals surface area contributed by atoms with E-state index in [1.807, 2.05) is 72.0 Å². The number of rotatable bonds is 5. The number of aromatic nitrogens is 5. The van der Waals surface area contributed by atoms with Crippen LogP contribution in [0.5, 0.6) is 0 Å². The lowest BCUT2D eigenvalue weighted by atomic mass is 10.2. The number of benzene rings is 3. The van der Waals surface area contributed by atoms with Gasteiger partial charge in [-0.3, -0.25) is 9.20 Å². The van der Waals surface area contributed by atoms with Gasteiger partial charge in [-0.25, -0.2) is 9.55 Å². The summed E-state index contributed by atoms with van der Waals surface area (Å²) in [7, 11) is 0. The zero-order chi connectivity index (χ0) is 23.9. The van der Waals surface area contributed by atoms with Gasteiger partial charge < -0.3 is 4.42 Å². The Hall–Kier alpha value is -3.88. The third kappa shape index (κ3) is 3.80. The van der Waals surface area contributed by atoms with Gasteiger partial charge in [-0.1, -0.05) is 53.7 Å². The molecule has 0 aliphatic carbocycles. The van der Waals surface area contributed by atoms with Gasteiger partial charge in [-0.05, 0) is 55.0 Å².